The Balaban J connectivity index is 1.42. The van der Waals surface area contributed by atoms with Crippen molar-refractivity contribution in [2.24, 2.45) is 17.8 Å². The topological polar surface area (TPSA) is 82.2 Å². The number of hydrogen-bond acceptors (Lipinski definition) is 6. The van der Waals surface area contributed by atoms with Gasteiger partial charge in [0.25, 0.3) is 5.91 Å². The summed E-state index contributed by atoms with van der Waals surface area (Å²) in [7, 11) is 0. The van der Waals surface area contributed by atoms with Crippen LogP contribution in [0.5, 0.6) is 0 Å². The minimum atomic E-state index is -0.682. The number of anilines is 1. The van der Waals surface area contributed by atoms with Gasteiger partial charge in [-0.25, -0.2) is 0 Å². The molecule has 3 saturated heterocycles. The van der Waals surface area contributed by atoms with Gasteiger partial charge >= 0.3 is 0 Å². The largest absolute Gasteiger partial charge is 0.369 e. The molecule has 3 aliphatic rings. The third-order valence-electron chi connectivity index (χ3n) is 8.08. The third-order valence-corrected chi connectivity index (χ3v) is 8.08. The first-order chi connectivity index (χ1) is 17.7. The highest BCUT2D eigenvalue weighted by Gasteiger charge is 2.53. The Hall–Kier alpha value is -2.45. The number of hydrogen-bond donors (Lipinski definition) is 1. The molecular formula is C29H44N4O4. The standard InChI is InChI=1S/C29H44N4O4/c1-6-11-31-12-14-32(15-13-31)22-9-7-21(8-10-22)28(35)30-24(16-19(2)3)29(36)33-17-23(20(4)5)27-26(33)25(34)18-37-27/h7-10,19-20,23-24,26-27H,6,11-18H2,1-5H3,(H,30,35)/t23-,24?,26-,27-/m1/s1. The second-order valence-corrected chi connectivity index (χ2v) is 11.6. The van der Waals surface area contributed by atoms with E-state index in [1.165, 1.54) is 6.42 Å². The van der Waals surface area contributed by atoms with Gasteiger partial charge in [-0.15, -0.1) is 0 Å². The lowest BCUT2D eigenvalue weighted by Crippen LogP contribution is -2.52. The van der Waals surface area contributed by atoms with Gasteiger partial charge in [-0.1, -0.05) is 34.6 Å². The number of benzene rings is 1. The number of ether oxygens (including phenoxy) is 1. The first-order valence-electron chi connectivity index (χ1n) is 14.0. The number of piperazine rings is 1. The Labute approximate surface area is 221 Å². The molecule has 0 bridgehead atoms. The zero-order valence-corrected chi connectivity index (χ0v) is 23.1. The minimum absolute atomic E-state index is 0.0396. The van der Waals surface area contributed by atoms with Gasteiger partial charge in [0.2, 0.25) is 5.91 Å². The molecule has 204 valence electrons. The van der Waals surface area contributed by atoms with Crippen molar-refractivity contribution in [3.63, 3.8) is 0 Å². The van der Waals surface area contributed by atoms with Gasteiger partial charge in [-0.3, -0.25) is 19.3 Å². The minimum Gasteiger partial charge on any atom is -0.369 e. The first-order valence-corrected chi connectivity index (χ1v) is 14.0. The van der Waals surface area contributed by atoms with Gasteiger partial charge < -0.3 is 19.9 Å². The lowest BCUT2D eigenvalue weighted by molar-refractivity contribution is -0.138. The van der Waals surface area contributed by atoms with Gasteiger partial charge in [-0.2, -0.15) is 0 Å². The fourth-order valence-corrected chi connectivity index (χ4v) is 6.01. The molecular weight excluding hydrogens is 468 g/mol. The van der Waals surface area contributed by atoms with E-state index in [2.05, 4.69) is 35.9 Å². The molecule has 1 N–H and O–H groups in total. The number of nitrogens with one attached hydrogen (secondary N) is 1. The van der Waals surface area contributed by atoms with Crippen molar-refractivity contribution < 1.29 is 19.1 Å². The molecule has 3 fully saturated rings. The average Bonchev–Trinajstić information content (AvgIpc) is 3.44. The fourth-order valence-electron chi connectivity index (χ4n) is 6.01. The average molecular weight is 513 g/mol. The van der Waals surface area contributed by atoms with Crippen molar-refractivity contribution in [1.29, 1.82) is 0 Å². The van der Waals surface area contributed by atoms with Gasteiger partial charge in [0.1, 0.15) is 18.7 Å². The first kappa shape index (κ1) is 27.6. The van der Waals surface area contributed by atoms with E-state index >= 15 is 0 Å². The predicted molar refractivity (Wildman–Crippen MR) is 145 cm³/mol. The number of carbonyl (C=O) groups is 3. The summed E-state index contributed by atoms with van der Waals surface area (Å²) in [6, 6.07) is 6.46. The predicted octanol–water partition coefficient (Wildman–Crippen LogP) is 2.81. The zero-order valence-electron chi connectivity index (χ0n) is 23.1. The summed E-state index contributed by atoms with van der Waals surface area (Å²) >= 11 is 0. The number of ketones is 1. The lowest BCUT2D eigenvalue weighted by Gasteiger charge is -2.36. The summed E-state index contributed by atoms with van der Waals surface area (Å²) < 4.78 is 5.80. The van der Waals surface area contributed by atoms with Crippen molar-refractivity contribution in [2.75, 3.05) is 50.8 Å². The Morgan fingerprint density at radius 2 is 1.73 bits per heavy atom. The monoisotopic (exact) mass is 512 g/mol. The van der Waals surface area contributed by atoms with Crippen molar-refractivity contribution >= 4 is 23.3 Å². The summed E-state index contributed by atoms with van der Waals surface area (Å²) in [6.07, 6.45) is 1.44. The summed E-state index contributed by atoms with van der Waals surface area (Å²) in [5.41, 5.74) is 1.65. The summed E-state index contributed by atoms with van der Waals surface area (Å²) in [5, 5.41) is 3.00. The Morgan fingerprint density at radius 3 is 2.32 bits per heavy atom. The maximum Gasteiger partial charge on any atom is 0.251 e. The summed E-state index contributed by atoms with van der Waals surface area (Å²) in [6.45, 7) is 16.2. The molecule has 1 unspecified atom stereocenters. The van der Waals surface area contributed by atoms with Gasteiger partial charge in [0, 0.05) is 49.9 Å². The quantitative estimate of drug-likeness (QED) is 0.548. The maximum absolute atomic E-state index is 13.7. The zero-order chi connectivity index (χ0) is 26.7. The molecule has 8 heteroatoms. The molecule has 4 atom stereocenters. The molecule has 0 saturated carbocycles. The van der Waals surface area contributed by atoms with Crippen LogP contribution in [0.25, 0.3) is 0 Å². The van der Waals surface area contributed by atoms with E-state index in [-0.39, 0.29) is 42.1 Å². The fraction of sp³-hybridized carbons (Fsp3) is 0.690. The van der Waals surface area contributed by atoms with Crippen LogP contribution in [0.4, 0.5) is 5.69 Å². The molecule has 8 nitrogen and oxygen atoms in total. The molecule has 1 aromatic rings. The van der Waals surface area contributed by atoms with Crippen LogP contribution < -0.4 is 10.2 Å². The van der Waals surface area contributed by atoms with Crippen LogP contribution in [-0.2, 0) is 14.3 Å². The second kappa shape index (κ2) is 11.9. The number of amides is 2. The normalized spacial score (nSPS) is 25.2. The number of rotatable bonds is 9. The summed E-state index contributed by atoms with van der Waals surface area (Å²) in [5.74, 6) is 0.138. The summed E-state index contributed by atoms with van der Waals surface area (Å²) in [4.78, 5) is 46.1. The highest BCUT2D eigenvalue weighted by Crippen LogP contribution is 2.36. The van der Waals surface area contributed by atoms with E-state index in [0.29, 0.717) is 24.4 Å². The van der Waals surface area contributed by atoms with Gasteiger partial charge in [-0.05, 0) is 55.5 Å². The van der Waals surface area contributed by atoms with Crippen molar-refractivity contribution in [3.05, 3.63) is 29.8 Å². The number of fused-ring (bicyclic) bond motifs is 1. The highest BCUT2D eigenvalue weighted by molar-refractivity contribution is 5.99. The smallest absolute Gasteiger partial charge is 0.251 e. The van der Waals surface area contributed by atoms with Crippen LogP contribution in [0.2, 0.25) is 0 Å². The lowest BCUT2D eigenvalue weighted by atomic mass is 9.91. The number of nitrogens with zero attached hydrogens (tertiary/aromatic N) is 3. The van der Waals surface area contributed by atoms with E-state index < -0.39 is 12.1 Å². The molecule has 0 spiro atoms. The SMILES string of the molecule is CCCN1CCN(c2ccc(C(=O)NC(CC(C)C)C(=O)N3C[C@H](C(C)C)[C@H]4OCC(=O)[C@H]43)cc2)CC1. The van der Waals surface area contributed by atoms with Crippen molar-refractivity contribution in [2.45, 2.75) is 65.6 Å². The number of carbonyl (C=O) groups excluding carboxylic acids is 3. The van der Waals surface area contributed by atoms with Gasteiger partial charge in [0.15, 0.2) is 5.78 Å². The van der Waals surface area contributed by atoms with Crippen LogP contribution in [0.3, 0.4) is 0 Å². The van der Waals surface area contributed by atoms with Crippen LogP contribution in [0, 0.1) is 17.8 Å². The molecule has 0 radical (unpaired) electrons. The van der Waals surface area contributed by atoms with E-state index in [4.69, 9.17) is 4.74 Å². The van der Waals surface area contributed by atoms with E-state index in [1.807, 2.05) is 38.1 Å². The molecule has 4 rings (SSSR count). The van der Waals surface area contributed by atoms with Crippen LogP contribution in [-0.4, -0.2) is 91.5 Å². The number of Topliss-reactive ketones (excluding diaryl/α,β-unsaturated/α-hetero) is 1. The Kier molecular flexibility index (Phi) is 8.90. The van der Waals surface area contributed by atoms with Gasteiger partial charge in [0.05, 0.1) is 6.10 Å². The molecule has 0 aliphatic carbocycles. The number of likely N-dealkylation sites (tertiary alicyclic amines) is 1. The second-order valence-electron chi connectivity index (χ2n) is 11.6. The van der Waals surface area contributed by atoms with E-state index in [9.17, 15) is 14.4 Å². The van der Waals surface area contributed by atoms with Crippen LogP contribution in [0.15, 0.2) is 24.3 Å². The van der Waals surface area contributed by atoms with Crippen molar-refractivity contribution in [1.82, 2.24) is 15.1 Å². The van der Waals surface area contributed by atoms with Crippen LogP contribution in [0.1, 0.15) is 57.8 Å². The third kappa shape index (κ3) is 6.17. The molecule has 1 aromatic carbocycles. The van der Waals surface area contributed by atoms with E-state index in [1.54, 1.807) is 4.90 Å². The molecule has 3 heterocycles. The molecule has 37 heavy (non-hydrogen) atoms. The highest BCUT2D eigenvalue weighted by atomic mass is 16.5. The molecule has 2 amide bonds. The van der Waals surface area contributed by atoms with E-state index in [0.717, 1.165) is 38.4 Å². The Morgan fingerprint density at radius 1 is 1.05 bits per heavy atom. The molecule has 0 aromatic heterocycles. The van der Waals surface area contributed by atoms with Crippen molar-refractivity contribution in [3.8, 4) is 0 Å². The Bertz CT molecular complexity index is 955. The van der Waals surface area contributed by atoms with Crippen LogP contribution >= 0.6 is 0 Å². The maximum atomic E-state index is 13.7. The molecule has 3 aliphatic heterocycles.